The molecule has 0 unspecified atom stereocenters. The van der Waals surface area contributed by atoms with E-state index in [1.165, 1.54) is 4.80 Å². The minimum Gasteiger partial charge on any atom is -0.350 e. The lowest BCUT2D eigenvalue weighted by atomic mass is 10.1. The Bertz CT molecular complexity index is 635. The molecule has 2 heterocycles. The fourth-order valence-electron chi connectivity index (χ4n) is 2.40. The van der Waals surface area contributed by atoms with Gasteiger partial charge in [-0.1, -0.05) is 11.6 Å². The lowest BCUT2D eigenvalue weighted by Gasteiger charge is -2.23. The first-order valence-corrected chi connectivity index (χ1v) is 7.62. The molecule has 7 nitrogen and oxygen atoms in total. The second kappa shape index (κ2) is 6.85. The topological polar surface area (TPSA) is 84.7 Å². The van der Waals surface area contributed by atoms with Gasteiger partial charge in [-0.15, -0.1) is 10.2 Å². The minimum absolute atomic E-state index is 0.0666. The number of benzene rings is 1. The van der Waals surface area contributed by atoms with Gasteiger partial charge in [-0.3, -0.25) is 4.79 Å². The summed E-state index contributed by atoms with van der Waals surface area (Å²) < 4.78 is 0. The van der Waals surface area contributed by atoms with Crippen molar-refractivity contribution in [1.29, 1.82) is 0 Å². The van der Waals surface area contributed by atoms with Gasteiger partial charge in [-0.25, -0.2) is 0 Å². The molecule has 2 aromatic rings. The van der Waals surface area contributed by atoms with Crippen molar-refractivity contribution in [2.75, 3.05) is 13.1 Å². The fourth-order valence-corrected chi connectivity index (χ4v) is 2.53. The Hall–Kier alpha value is -1.99. The van der Waals surface area contributed by atoms with Gasteiger partial charge < -0.3 is 10.6 Å². The third-order valence-corrected chi connectivity index (χ3v) is 3.75. The molecule has 0 aliphatic carbocycles. The van der Waals surface area contributed by atoms with Crippen molar-refractivity contribution >= 4 is 17.5 Å². The first-order chi connectivity index (χ1) is 10.7. The minimum atomic E-state index is -0.103. The number of hydrogen-bond donors (Lipinski definition) is 2. The summed E-state index contributed by atoms with van der Waals surface area (Å²) >= 11 is 5.85. The largest absolute Gasteiger partial charge is 0.350 e. The molecule has 2 N–H and O–H groups in total. The highest BCUT2D eigenvalue weighted by Crippen LogP contribution is 2.16. The number of rotatable bonds is 4. The molecule has 1 aromatic carbocycles. The molecule has 0 saturated carbocycles. The van der Waals surface area contributed by atoms with Crippen LogP contribution >= 0.6 is 11.6 Å². The average molecular weight is 321 g/mol. The maximum atomic E-state index is 12.0. The molecule has 1 aliphatic heterocycles. The fraction of sp³-hybridized carbons (Fsp3) is 0.429. The summed E-state index contributed by atoms with van der Waals surface area (Å²) in [4.78, 5) is 13.3. The van der Waals surface area contributed by atoms with Crippen LogP contribution in [0.4, 0.5) is 0 Å². The number of amides is 1. The number of carbonyl (C=O) groups excluding carboxylic acids is 1. The zero-order valence-corrected chi connectivity index (χ0v) is 12.8. The number of carbonyl (C=O) groups is 1. The molecule has 1 saturated heterocycles. The van der Waals surface area contributed by atoms with E-state index in [4.69, 9.17) is 11.6 Å². The molecule has 0 spiro atoms. The molecule has 0 bridgehead atoms. The van der Waals surface area contributed by atoms with Crippen LogP contribution in [0.15, 0.2) is 24.3 Å². The quantitative estimate of drug-likeness (QED) is 0.873. The Morgan fingerprint density at radius 3 is 2.95 bits per heavy atom. The van der Waals surface area contributed by atoms with E-state index in [2.05, 4.69) is 26.0 Å². The van der Waals surface area contributed by atoms with Crippen molar-refractivity contribution in [2.24, 2.45) is 0 Å². The highest BCUT2D eigenvalue weighted by molar-refractivity contribution is 6.30. The standard InChI is InChI=1S/C14H17ClN6O/c15-11-5-3-10(4-6-11)14-18-20-21(19-14)9-13(22)17-12-2-1-7-16-8-12/h3-6,12,16H,1-2,7-9H2,(H,17,22)/t12-/m0/s1. The smallest absolute Gasteiger partial charge is 0.243 e. The van der Waals surface area contributed by atoms with Gasteiger partial charge in [0.1, 0.15) is 6.54 Å². The normalized spacial score (nSPS) is 18.1. The van der Waals surface area contributed by atoms with Crippen LogP contribution in [0.5, 0.6) is 0 Å². The van der Waals surface area contributed by atoms with Crippen LogP contribution in [0.1, 0.15) is 12.8 Å². The number of tetrazole rings is 1. The van der Waals surface area contributed by atoms with Crippen LogP contribution in [0.3, 0.4) is 0 Å². The van der Waals surface area contributed by atoms with Gasteiger partial charge in [0.05, 0.1) is 0 Å². The van der Waals surface area contributed by atoms with Crippen molar-refractivity contribution < 1.29 is 4.79 Å². The Balaban J connectivity index is 1.59. The highest BCUT2D eigenvalue weighted by atomic mass is 35.5. The zero-order chi connectivity index (χ0) is 15.4. The van der Waals surface area contributed by atoms with Gasteiger partial charge >= 0.3 is 0 Å². The SMILES string of the molecule is O=C(Cn1nnc(-c2ccc(Cl)cc2)n1)N[C@H]1CCCNC1. The first kappa shape index (κ1) is 14.9. The Morgan fingerprint density at radius 2 is 2.23 bits per heavy atom. The van der Waals surface area contributed by atoms with Gasteiger partial charge in [0.25, 0.3) is 0 Å². The second-order valence-corrected chi connectivity index (χ2v) is 5.70. The third-order valence-electron chi connectivity index (χ3n) is 3.50. The maximum Gasteiger partial charge on any atom is 0.243 e. The molecule has 1 atom stereocenters. The number of nitrogens with one attached hydrogen (secondary N) is 2. The van der Waals surface area contributed by atoms with Crippen LogP contribution in [-0.4, -0.2) is 45.2 Å². The van der Waals surface area contributed by atoms with E-state index in [9.17, 15) is 4.79 Å². The lowest BCUT2D eigenvalue weighted by Crippen LogP contribution is -2.46. The molecule has 3 rings (SSSR count). The molecule has 8 heteroatoms. The molecule has 1 aromatic heterocycles. The monoisotopic (exact) mass is 320 g/mol. The van der Waals surface area contributed by atoms with E-state index in [1.54, 1.807) is 12.1 Å². The van der Waals surface area contributed by atoms with Crippen molar-refractivity contribution in [3.8, 4) is 11.4 Å². The predicted octanol–water partition coefficient (Wildman–Crippen LogP) is 0.862. The molecule has 1 aliphatic rings. The predicted molar refractivity (Wildman–Crippen MR) is 82.3 cm³/mol. The van der Waals surface area contributed by atoms with E-state index in [0.717, 1.165) is 31.5 Å². The van der Waals surface area contributed by atoms with Crippen LogP contribution in [0, 0.1) is 0 Å². The van der Waals surface area contributed by atoms with E-state index in [0.29, 0.717) is 10.8 Å². The molecule has 22 heavy (non-hydrogen) atoms. The zero-order valence-electron chi connectivity index (χ0n) is 12.0. The molecule has 116 valence electrons. The van der Waals surface area contributed by atoms with Gasteiger partial charge in [0.2, 0.25) is 11.7 Å². The van der Waals surface area contributed by atoms with Crippen LogP contribution in [0.25, 0.3) is 11.4 Å². The molecular formula is C14H17ClN6O. The number of halogens is 1. The number of piperidine rings is 1. The molecular weight excluding hydrogens is 304 g/mol. The third kappa shape index (κ3) is 3.80. The van der Waals surface area contributed by atoms with Gasteiger partial charge in [0.15, 0.2) is 0 Å². The lowest BCUT2D eigenvalue weighted by molar-refractivity contribution is -0.122. The summed E-state index contributed by atoms with van der Waals surface area (Å²) in [6, 6.07) is 7.34. The first-order valence-electron chi connectivity index (χ1n) is 7.24. The second-order valence-electron chi connectivity index (χ2n) is 5.26. The highest BCUT2D eigenvalue weighted by Gasteiger charge is 2.16. The maximum absolute atomic E-state index is 12.0. The summed E-state index contributed by atoms with van der Waals surface area (Å²) in [5.41, 5.74) is 0.813. The van der Waals surface area contributed by atoms with E-state index >= 15 is 0 Å². The van der Waals surface area contributed by atoms with Gasteiger partial charge in [-0.2, -0.15) is 4.80 Å². The number of aromatic nitrogens is 4. The van der Waals surface area contributed by atoms with Crippen molar-refractivity contribution in [3.05, 3.63) is 29.3 Å². The summed E-state index contributed by atoms with van der Waals surface area (Å²) in [5, 5.41) is 19.0. The van der Waals surface area contributed by atoms with Crippen molar-refractivity contribution in [2.45, 2.75) is 25.4 Å². The van der Waals surface area contributed by atoms with Crippen molar-refractivity contribution in [3.63, 3.8) is 0 Å². The van der Waals surface area contributed by atoms with E-state index in [-0.39, 0.29) is 18.5 Å². The van der Waals surface area contributed by atoms with Crippen molar-refractivity contribution in [1.82, 2.24) is 30.8 Å². The molecule has 0 radical (unpaired) electrons. The number of hydrogen-bond acceptors (Lipinski definition) is 5. The van der Waals surface area contributed by atoms with Crippen LogP contribution in [0.2, 0.25) is 5.02 Å². The van der Waals surface area contributed by atoms with E-state index in [1.807, 2.05) is 12.1 Å². The molecule has 1 fully saturated rings. The van der Waals surface area contributed by atoms with E-state index < -0.39 is 0 Å². The van der Waals surface area contributed by atoms with Crippen LogP contribution in [-0.2, 0) is 11.3 Å². The Labute approximate surface area is 133 Å². The Morgan fingerprint density at radius 1 is 1.41 bits per heavy atom. The van der Waals surface area contributed by atoms with Gasteiger partial charge in [-0.05, 0) is 48.9 Å². The van der Waals surface area contributed by atoms with Crippen LogP contribution < -0.4 is 10.6 Å². The Kier molecular flexibility index (Phi) is 4.65. The average Bonchev–Trinajstić information content (AvgIpc) is 2.97. The summed E-state index contributed by atoms with van der Waals surface area (Å²) in [6.07, 6.45) is 2.08. The number of nitrogens with zero attached hydrogens (tertiary/aromatic N) is 4. The summed E-state index contributed by atoms with van der Waals surface area (Å²) in [7, 11) is 0. The van der Waals surface area contributed by atoms with Gasteiger partial charge in [0, 0.05) is 23.2 Å². The summed E-state index contributed by atoms with van der Waals surface area (Å²) in [6.45, 7) is 1.89. The molecule has 1 amide bonds. The summed E-state index contributed by atoms with van der Waals surface area (Å²) in [5.74, 6) is 0.373.